The van der Waals surface area contributed by atoms with Crippen molar-refractivity contribution in [1.29, 1.82) is 0 Å². The van der Waals surface area contributed by atoms with E-state index in [0.29, 0.717) is 23.4 Å². The van der Waals surface area contributed by atoms with E-state index in [-0.39, 0.29) is 0 Å². The van der Waals surface area contributed by atoms with E-state index < -0.39 is 7.12 Å². The highest BCUT2D eigenvalue weighted by atomic mass is 35.5. The maximum absolute atomic E-state index is 9.74. The van der Waals surface area contributed by atoms with E-state index in [1.807, 2.05) is 53.6 Å². The highest BCUT2D eigenvalue weighted by Crippen LogP contribution is 2.30. The van der Waals surface area contributed by atoms with Crippen LogP contribution in [0.15, 0.2) is 60.6 Å². The number of halogens is 1. The molecular weight excluding hydrogens is 362 g/mol. The third-order valence-corrected chi connectivity index (χ3v) is 4.70. The van der Waals surface area contributed by atoms with Gasteiger partial charge >= 0.3 is 7.12 Å². The standard InChI is InChI=1S/C19H18BClN4O2/c1-2-15-6-4-3-5-9-25(15)18-17(21)11-22-19(24-18)23-14-7-8-16-13(10-14)12-27-20(16)26/h3-11,26H,2,12H2,1H3,(H,22,23,24). The summed E-state index contributed by atoms with van der Waals surface area (Å²) in [5, 5.41) is 13.4. The molecule has 0 atom stereocenters. The van der Waals surface area contributed by atoms with Crippen molar-refractivity contribution < 1.29 is 9.68 Å². The molecule has 0 unspecified atom stereocenters. The molecule has 0 aliphatic carbocycles. The van der Waals surface area contributed by atoms with Crippen LogP contribution in [-0.2, 0) is 11.3 Å². The van der Waals surface area contributed by atoms with Gasteiger partial charge < -0.3 is 19.9 Å². The second-order valence-electron chi connectivity index (χ2n) is 6.18. The van der Waals surface area contributed by atoms with Crippen LogP contribution in [0, 0.1) is 0 Å². The fraction of sp³-hybridized carbons (Fsp3) is 0.158. The Hall–Kier alpha value is -2.61. The van der Waals surface area contributed by atoms with Crippen LogP contribution in [0.25, 0.3) is 0 Å². The predicted molar refractivity (Wildman–Crippen MR) is 108 cm³/mol. The van der Waals surface area contributed by atoms with Crippen molar-refractivity contribution in [3.63, 3.8) is 0 Å². The molecule has 0 bridgehead atoms. The largest absolute Gasteiger partial charge is 0.491 e. The molecule has 0 saturated carbocycles. The van der Waals surface area contributed by atoms with Crippen LogP contribution in [0.2, 0.25) is 5.02 Å². The van der Waals surface area contributed by atoms with E-state index >= 15 is 0 Å². The average Bonchev–Trinajstić information content (AvgIpc) is 2.90. The van der Waals surface area contributed by atoms with Gasteiger partial charge in [-0.05, 0) is 41.7 Å². The molecule has 1 aromatic carbocycles. The second-order valence-corrected chi connectivity index (χ2v) is 6.58. The van der Waals surface area contributed by atoms with Gasteiger partial charge in [0.25, 0.3) is 0 Å². The molecular formula is C19H18BClN4O2. The van der Waals surface area contributed by atoms with Gasteiger partial charge in [0, 0.05) is 17.6 Å². The summed E-state index contributed by atoms with van der Waals surface area (Å²) in [6, 6.07) is 5.63. The Kier molecular flexibility index (Phi) is 4.98. The minimum absolute atomic E-state index is 0.384. The quantitative estimate of drug-likeness (QED) is 0.793. The number of fused-ring (bicyclic) bond motifs is 1. The topological polar surface area (TPSA) is 70.5 Å². The van der Waals surface area contributed by atoms with Gasteiger partial charge in [-0.1, -0.05) is 36.7 Å². The molecule has 2 aliphatic heterocycles. The van der Waals surface area contributed by atoms with Gasteiger partial charge in [-0.2, -0.15) is 4.98 Å². The van der Waals surface area contributed by atoms with Crippen LogP contribution < -0.4 is 15.7 Å². The summed E-state index contributed by atoms with van der Waals surface area (Å²) in [5.74, 6) is 1.05. The Bertz CT molecular complexity index is 961. The summed E-state index contributed by atoms with van der Waals surface area (Å²) in [7, 11) is -0.852. The van der Waals surface area contributed by atoms with Gasteiger partial charge in [-0.3, -0.25) is 0 Å². The highest BCUT2D eigenvalue weighted by molar-refractivity contribution is 6.61. The van der Waals surface area contributed by atoms with E-state index in [4.69, 9.17) is 16.3 Å². The van der Waals surface area contributed by atoms with Crippen molar-refractivity contribution in [2.45, 2.75) is 20.0 Å². The number of nitrogens with zero attached hydrogens (tertiary/aromatic N) is 3. The maximum Gasteiger partial charge on any atom is 0.491 e. The summed E-state index contributed by atoms with van der Waals surface area (Å²) in [6.45, 7) is 2.47. The van der Waals surface area contributed by atoms with Crippen LogP contribution >= 0.6 is 11.6 Å². The minimum atomic E-state index is -0.852. The molecule has 2 aliphatic rings. The molecule has 0 radical (unpaired) electrons. The van der Waals surface area contributed by atoms with Gasteiger partial charge in [0.2, 0.25) is 5.95 Å². The molecule has 27 heavy (non-hydrogen) atoms. The summed E-state index contributed by atoms with van der Waals surface area (Å²) in [6.07, 6.45) is 12.3. The van der Waals surface area contributed by atoms with Crippen molar-refractivity contribution in [1.82, 2.24) is 9.97 Å². The summed E-state index contributed by atoms with van der Waals surface area (Å²) < 4.78 is 5.23. The highest BCUT2D eigenvalue weighted by Gasteiger charge is 2.27. The Morgan fingerprint density at radius 1 is 1.33 bits per heavy atom. The number of aromatic nitrogens is 2. The molecule has 4 rings (SSSR count). The summed E-state index contributed by atoms with van der Waals surface area (Å²) in [5.41, 5.74) is 3.63. The molecule has 0 amide bonds. The maximum atomic E-state index is 9.74. The van der Waals surface area contributed by atoms with E-state index in [2.05, 4.69) is 22.2 Å². The summed E-state index contributed by atoms with van der Waals surface area (Å²) in [4.78, 5) is 10.9. The molecule has 6 nitrogen and oxygen atoms in total. The minimum Gasteiger partial charge on any atom is -0.423 e. The van der Waals surface area contributed by atoms with Crippen molar-refractivity contribution in [3.8, 4) is 0 Å². The lowest BCUT2D eigenvalue weighted by atomic mass is 9.79. The van der Waals surface area contributed by atoms with Crippen molar-refractivity contribution >= 4 is 41.6 Å². The third-order valence-electron chi connectivity index (χ3n) is 4.43. The van der Waals surface area contributed by atoms with E-state index in [9.17, 15) is 5.02 Å². The average molecular weight is 381 g/mol. The van der Waals surface area contributed by atoms with Crippen LogP contribution in [0.5, 0.6) is 0 Å². The zero-order valence-electron chi connectivity index (χ0n) is 14.8. The van der Waals surface area contributed by atoms with E-state index in [0.717, 1.165) is 28.8 Å². The Balaban J connectivity index is 1.63. The third kappa shape index (κ3) is 3.62. The van der Waals surface area contributed by atoms with Crippen molar-refractivity contribution in [3.05, 3.63) is 71.2 Å². The lowest BCUT2D eigenvalue weighted by Gasteiger charge is -2.22. The first-order chi connectivity index (χ1) is 13.2. The number of nitrogens with one attached hydrogen (secondary N) is 1. The van der Waals surface area contributed by atoms with Gasteiger partial charge in [0.15, 0.2) is 5.82 Å². The molecule has 0 spiro atoms. The molecule has 3 heterocycles. The SMILES string of the molecule is CCC1=CC=CC=CN1c1nc(Nc2ccc3c(c2)COB3O)ncc1Cl. The van der Waals surface area contributed by atoms with Crippen LogP contribution in [0.1, 0.15) is 18.9 Å². The summed E-state index contributed by atoms with van der Waals surface area (Å²) >= 11 is 6.38. The molecule has 1 aromatic heterocycles. The number of hydrogen-bond acceptors (Lipinski definition) is 6. The van der Waals surface area contributed by atoms with Gasteiger partial charge in [0.1, 0.15) is 5.02 Å². The van der Waals surface area contributed by atoms with E-state index in [1.54, 1.807) is 6.20 Å². The normalized spacial score (nSPS) is 15.6. The molecule has 2 N–H and O–H groups in total. The fourth-order valence-corrected chi connectivity index (χ4v) is 3.24. The van der Waals surface area contributed by atoms with Gasteiger partial charge in [-0.15, -0.1) is 0 Å². The first-order valence-corrected chi connectivity index (χ1v) is 9.09. The zero-order chi connectivity index (χ0) is 18.8. The molecule has 8 heteroatoms. The molecule has 0 fully saturated rings. The van der Waals surface area contributed by atoms with Gasteiger partial charge in [-0.25, -0.2) is 4.98 Å². The molecule has 2 aromatic rings. The second kappa shape index (κ2) is 7.56. The van der Waals surface area contributed by atoms with Crippen LogP contribution in [0.3, 0.4) is 0 Å². The van der Waals surface area contributed by atoms with Crippen LogP contribution in [0.4, 0.5) is 17.5 Å². The number of allylic oxidation sites excluding steroid dienone is 5. The van der Waals surface area contributed by atoms with E-state index in [1.165, 1.54) is 0 Å². The number of rotatable bonds is 4. The Morgan fingerprint density at radius 2 is 2.22 bits per heavy atom. The molecule has 0 saturated heterocycles. The Morgan fingerprint density at radius 3 is 3.07 bits per heavy atom. The monoisotopic (exact) mass is 380 g/mol. The van der Waals surface area contributed by atoms with Crippen molar-refractivity contribution in [2.75, 3.05) is 10.2 Å². The Labute approximate surface area is 163 Å². The van der Waals surface area contributed by atoms with Crippen LogP contribution in [-0.4, -0.2) is 22.1 Å². The van der Waals surface area contributed by atoms with Gasteiger partial charge in [0.05, 0.1) is 12.8 Å². The predicted octanol–water partition coefficient (Wildman–Crippen LogP) is 3.28. The first kappa shape index (κ1) is 17.8. The number of hydrogen-bond donors (Lipinski definition) is 2. The lowest BCUT2D eigenvalue weighted by molar-refractivity contribution is 0.275. The zero-order valence-corrected chi connectivity index (χ0v) is 15.5. The van der Waals surface area contributed by atoms with Crippen molar-refractivity contribution in [2.24, 2.45) is 0 Å². The lowest BCUT2D eigenvalue weighted by Crippen LogP contribution is -2.27. The molecule has 136 valence electrons. The number of benzene rings is 1. The fourth-order valence-electron chi connectivity index (χ4n) is 3.06. The first-order valence-electron chi connectivity index (χ1n) is 8.71. The smallest absolute Gasteiger partial charge is 0.423 e. The number of anilines is 3.